The lowest BCUT2D eigenvalue weighted by Crippen LogP contribution is -2.32. The van der Waals surface area contributed by atoms with E-state index in [0.717, 1.165) is 0 Å². The van der Waals surface area contributed by atoms with Gasteiger partial charge in [0.2, 0.25) is 0 Å². The van der Waals surface area contributed by atoms with E-state index in [2.05, 4.69) is 39.2 Å². The predicted molar refractivity (Wildman–Crippen MR) is 134 cm³/mol. The molecule has 0 aliphatic rings. The van der Waals surface area contributed by atoms with Crippen LogP contribution in [0.25, 0.3) is 0 Å². The fourth-order valence-corrected chi connectivity index (χ4v) is 8.99. The van der Waals surface area contributed by atoms with E-state index in [9.17, 15) is 0 Å². The number of hydrogen-bond donors (Lipinski definition) is 0. The van der Waals surface area contributed by atoms with Gasteiger partial charge < -0.3 is 0 Å². The van der Waals surface area contributed by atoms with E-state index in [-0.39, 0.29) is 0 Å². The maximum absolute atomic E-state index is 3.89. The molecule has 0 rings (SSSR count). The van der Waals surface area contributed by atoms with Crippen molar-refractivity contribution in [2.45, 2.75) is 161 Å². The van der Waals surface area contributed by atoms with Gasteiger partial charge in [-0.25, -0.2) is 0 Å². The Morgan fingerprint density at radius 3 is 1.00 bits per heavy atom. The van der Waals surface area contributed by atoms with Crippen molar-refractivity contribution in [2.75, 3.05) is 0 Å². The molecule has 0 saturated carbocycles. The van der Waals surface area contributed by atoms with E-state index in [4.69, 9.17) is 0 Å². The van der Waals surface area contributed by atoms with Crippen molar-refractivity contribution >= 4 is 8.07 Å². The molecule has 0 radical (unpaired) electrons. The van der Waals surface area contributed by atoms with Crippen LogP contribution >= 0.6 is 0 Å². The minimum Gasteiger partial charge on any atom is -0.131 e. The van der Waals surface area contributed by atoms with Crippen LogP contribution in [0.5, 0.6) is 0 Å². The smallest absolute Gasteiger partial charge is 0.131 e. The van der Waals surface area contributed by atoms with Gasteiger partial charge in [0.05, 0.1) is 0 Å². The summed E-state index contributed by atoms with van der Waals surface area (Å²) in [5.41, 5.74) is 3.89. The summed E-state index contributed by atoms with van der Waals surface area (Å²) in [5, 5.41) is 0. The molecule has 0 aromatic heterocycles. The highest BCUT2D eigenvalue weighted by molar-refractivity contribution is 6.87. The summed E-state index contributed by atoms with van der Waals surface area (Å²) in [6, 6.07) is 4.47. The SMILES string of the molecule is CC#C[Si](CCCCCCCC)(CCCCCCCC)CCCCCCCC. The minimum atomic E-state index is -1.36. The summed E-state index contributed by atoms with van der Waals surface area (Å²) in [4.78, 5) is 0. The fourth-order valence-electron chi connectivity index (χ4n) is 4.56. The minimum absolute atomic E-state index is 1.36. The van der Waals surface area contributed by atoms with Crippen molar-refractivity contribution in [3.63, 3.8) is 0 Å². The molecule has 0 fully saturated rings. The molecule has 0 aliphatic heterocycles. The van der Waals surface area contributed by atoms with Crippen molar-refractivity contribution in [3.8, 4) is 11.5 Å². The number of hydrogen-bond acceptors (Lipinski definition) is 0. The molecule has 0 bridgehead atoms. The van der Waals surface area contributed by atoms with Crippen LogP contribution in [0, 0.1) is 11.5 Å². The first kappa shape index (κ1) is 27.8. The van der Waals surface area contributed by atoms with Crippen LogP contribution in [0.1, 0.15) is 143 Å². The molecule has 0 aliphatic carbocycles. The van der Waals surface area contributed by atoms with E-state index in [1.165, 1.54) is 134 Å². The van der Waals surface area contributed by atoms with Gasteiger partial charge in [-0.1, -0.05) is 136 Å². The average Bonchev–Trinajstić information content (AvgIpc) is 2.70. The molecule has 0 amide bonds. The third-order valence-electron chi connectivity index (χ3n) is 6.42. The Morgan fingerprint density at radius 1 is 0.429 bits per heavy atom. The molecule has 1 heteroatoms. The Kier molecular flexibility index (Phi) is 21.3. The van der Waals surface area contributed by atoms with Crippen LogP contribution in [0.15, 0.2) is 0 Å². The number of unbranched alkanes of at least 4 members (excludes halogenated alkanes) is 15. The monoisotopic (exact) mass is 406 g/mol. The van der Waals surface area contributed by atoms with Gasteiger partial charge in [-0.2, -0.15) is 0 Å². The largest absolute Gasteiger partial charge is 0.138 e. The molecule has 0 unspecified atom stereocenters. The Morgan fingerprint density at radius 2 is 0.714 bits per heavy atom. The van der Waals surface area contributed by atoms with Crippen LogP contribution in [-0.4, -0.2) is 8.07 Å². The first-order chi connectivity index (χ1) is 13.7. The predicted octanol–water partition coefficient (Wildman–Crippen LogP) is 10.1. The van der Waals surface area contributed by atoms with Crippen molar-refractivity contribution < 1.29 is 0 Å². The van der Waals surface area contributed by atoms with Gasteiger partial charge in [0, 0.05) is 0 Å². The zero-order valence-corrected chi connectivity index (χ0v) is 21.3. The van der Waals surface area contributed by atoms with Gasteiger partial charge in [-0.3, -0.25) is 0 Å². The Bertz CT molecular complexity index is 321. The van der Waals surface area contributed by atoms with E-state index in [1.807, 2.05) is 0 Å². The summed E-state index contributed by atoms with van der Waals surface area (Å²) in [6.07, 6.45) is 25.7. The summed E-state index contributed by atoms with van der Waals surface area (Å²) in [6.45, 7) is 9.05. The van der Waals surface area contributed by atoms with E-state index >= 15 is 0 Å². The summed E-state index contributed by atoms with van der Waals surface area (Å²) in [7, 11) is -1.36. The Balaban J connectivity index is 4.46. The molecule has 0 aromatic carbocycles. The zero-order chi connectivity index (χ0) is 20.8. The second-order valence-electron chi connectivity index (χ2n) is 9.21. The van der Waals surface area contributed by atoms with Gasteiger partial charge in [0.25, 0.3) is 0 Å². The molecular formula is C27H54Si. The summed E-state index contributed by atoms with van der Waals surface area (Å²) >= 11 is 0. The van der Waals surface area contributed by atoms with Crippen LogP contribution < -0.4 is 0 Å². The van der Waals surface area contributed by atoms with Crippen LogP contribution in [0.2, 0.25) is 18.1 Å². The normalized spacial score (nSPS) is 11.4. The lowest BCUT2D eigenvalue weighted by molar-refractivity contribution is 0.608. The van der Waals surface area contributed by atoms with Crippen molar-refractivity contribution in [1.29, 1.82) is 0 Å². The molecule has 28 heavy (non-hydrogen) atoms. The van der Waals surface area contributed by atoms with Gasteiger partial charge >= 0.3 is 0 Å². The highest BCUT2D eigenvalue weighted by Gasteiger charge is 2.29. The van der Waals surface area contributed by atoms with Crippen molar-refractivity contribution in [1.82, 2.24) is 0 Å². The third kappa shape index (κ3) is 16.7. The van der Waals surface area contributed by atoms with Gasteiger partial charge in [-0.15, -0.1) is 11.5 Å². The van der Waals surface area contributed by atoms with E-state index in [1.54, 1.807) is 0 Å². The third-order valence-corrected chi connectivity index (χ3v) is 11.1. The quantitative estimate of drug-likeness (QED) is 0.101. The standard InChI is InChI=1S/C27H54Si/c1-5-9-12-15-18-21-25-28(24-8-4,26-22-19-16-13-10-6-2)27-23-20-17-14-11-7-3/h5-7,9-23,25-27H2,1-4H3. The highest BCUT2D eigenvalue weighted by atomic mass is 28.3. The van der Waals surface area contributed by atoms with E-state index in [0.29, 0.717) is 0 Å². The Hall–Kier alpha value is -0.223. The van der Waals surface area contributed by atoms with Gasteiger partial charge in [-0.05, 0) is 25.1 Å². The first-order valence-electron chi connectivity index (χ1n) is 13.2. The Labute approximate surface area is 181 Å². The maximum Gasteiger partial charge on any atom is 0.138 e. The second kappa shape index (κ2) is 21.5. The van der Waals surface area contributed by atoms with E-state index < -0.39 is 8.07 Å². The molecule has 0 saturated heterocycles. The molecular weight excluding hydrogens is 352 g/mol. The lowest BCUT2D eigenvalue weighted by atomic mass is 10.1. The average molecular weight is 407 g/mol. The van der Waals surface area contributed by atoms with Crippen molar-refractivity contribution in [3.05, 3.63) is 0 Å². The first-order valence-corrected chi connectivity index (χ1v) is 15.8. The molecule has 0 aromatic rings. The topological polar surface area (TPSA) is 0 Å². The molecule has 0 spiro atoms. The molecule has 0 nitrogen and oxygen atoms in total. The second-order valence-corrected chi connectivity index (χ2v) is 13.5. The fraction of sp³-hybridized carbons (Fsp3) is 0.926. The van der Waals surface area contributed by atoms with Crippen LogP contribution in [0.4, 0.5) is 0 Å². The lowest BCUT2D eigenvalue weighted by Gasteiger charge is -2.27. The molecule has 0 N–H and O–H groups in total. The van der Waals surface area contributed by atoms with Crippen LogP contribution in [0.3, 0.4) is 0 Å². The van der Waals surface area contributed by atoms with Crippen LogP contribution in [-0.2, 0) is 0 Å². The zero-order valence-electron chi connectivity index (χ0n) is 20.3. The van der Waals surface area contributed by atoms with Gasteiger partial charge in [0.15, 0.2) is 0 Å². The molecule has 166 valence electrons. The molecule has 0 atom stereocenters. The van der Waals surface area contributed by atoms with Gasteiger partial charge in [0.1, 0.15) is 8.07 Å². The number of rotatable bonds is 21. The van der Waals surface area contributed by atoms with Crippen molar-refractivity contribution in [2.24, 2.45) is 0 Å². The molecule has 0 heterocycles. The maximum atomic E-state index is 3.89. The highest BCUT2D eigenvalue weighted by Crippen LogP contribution is 2.29. The summed E-state index contributed by atoms with van der Waals surface area (Å²) in [5.74, 6) is 3.40. The summed E-state index contributed by atoms with van der Waals surface area (Å²) < 4.78 is 0.